The Morgan fingerprint density at radius 2 is 1.06 bits per heavy atom. The minimum absolute atomic E-state index is 0.251. The zero-order chi connectivity index (χ0) is 22.5. The van der Waals surface area contributed by atoms with Crippen LogP contribution in [0.5, 0.6) is 0 Å². The highest BCUT2D eigenvalue weighted by molar-refractivity contribution is 6.03. The molecule has 0 unspecified atom stereocenters. The molecule has 0 aliphatic heterocycles. The summed E-state index contributed by atoms with van der Waals surface area (Å²) in [6, 6.07) is 11.1. The van der Waals surface area contributed by atoms with Crippen LogP contribution in [0.15, 0.2) is 71.5 Å². The van der Waals surface area contributed by atoms with Crippen molar-refractivity contribution in [3.8, 4) is 0 Å². The third-order valence-electron chi connectivity index (χ3n) is 5.37. The first-order valence-corrected chi connectivity index (χ1v) is 10.1. The molecule has 4 aromatic rings. The molecule has 0 bridgehead atoms. The predicted octanol–water partition coefficient (Wildman–Crippen LogP) is 3.88. The zero-order valence-corrected chi connectivity index (χ0v) is 17.8. The highest BCUT2D eigenvalue weighted by Crippen LogP contribution is 2.21. The van der Waals surface area contributed by atoms with Gasteiger partial charge in [0.1, 0.15) is 0 Å². The molecule has 4 rings (SSSR count). The Morgan fingerprint density at radius 3 is 1.41 bits per heavy atom. The maximum Gasteiger partial charge on any atom is 0.0929 e. The summed E-state index contributed by atoms with van der Waals surface area (Å²) in [7, 11) is 0. The van der Waals surface area contributed by atoms with Crippen molar-refractivity contribution in [3.63, 3.8) is 0 Å². The lowest BCUT2D eigenvalue weighted by Gasteiger charge is -2.13. The van der Waals surface area contributed by atoms with E-state index in [9.17, 15) is 10.4 Å². The van der Waals surface area contributed by atoms with Gasteiger partial charge in [-0.25, -0.2) is 9.97 Å². The Bertz CT molecular complexity index is 1200. The highest BCUT2D eigenvalue weighted by Gasteiger charge is 2.17. The van der Waals surface area contributed by atoms with E-state index in [0.717, 1.165) is 33.3 Å². The van der Waals surface area contributed by atoms with Crippen molar-refractivity contribution in [3.05, 3.63) is 94.8 Å². The summed E-state index contributed by atoms with van der Waals surface area (Å²) in [5.74, 6) is 0. The Hall–Kier alpha value is -4.20. The van der Waals surface area contributed by atoms with Crippen molar-refractivity contribution in [2.45, 2.75) is 26.7 Å². The molecule has 0 saturated carbocycles. The Kier molecular flexibility index (Phi) is 6.12. The van der Waals surface area contributed by atoms with Crippen LogP contribution in [0.3, 0.4) is 0 Å². The van der Waals surface area contributed by atoms with E-state index in [1.165, 1.54) is 0 Å². The summed E-state index contributed by atoms with van der Waals surface area (Å²) < 4.78 is 0. The number of nitrogens with zero attached hydrogens (tertiary/aromatic N) is 6. The third kappa shape index (κ3) is 4.44. The zero-order valence-electron chi connectivity index (χ0n) is 17.8. The number of fused-ring (bicyclic) bond motifs is 1. The normalized spacial score (nSPS) is 12.3. The Labute approximate surface area is 185 Å². The topological polar surface area (TPSA) is 117 Å². The van der Waals surface area contributed by atoms with E-state index in [1.807, 2.05) is 26.0 Å². The summed E-state index contributed by atoms with van der Waals surface area (Å²) in [4.78, 5) is 17.7. The third-order valence-corrected chi connectivity index (χ3v) is 5.37. The van der Waals surface area contributed by atoms with Crippen LogP contribution in [0.2, 0.25) is 0 Å². The average Bonchev–Trinajstić information content (AvgIpc) is 2.83. The first-order valence-electron chi connectivity index (χ1n) is 10.1. The number of aryl methyl sites for hydroxylation is 2. The standard InChI is InChI=1S/C24H22N6O2/c1-15-11-21-22(12-16(15)2)28-24(14-20(30-32)18-5-9-26-10-6-18)23(27-21)13-19(29-31)17-3-7-25-8-4-17/h3-12,31-32H,13-14H2,1-2H3/b29-19+,30-20+. The summed E-state index contributed by atoms with van der Waals surface area (Å²) in [6.45, 7) is 4.06. The molecule has 8 nitrogen and oxygen atoms in total. The van der Waals surface area contributed by atoms with Crippen molar-refractivity contribution in [1.29, 1.82) is 0 Å². The van der Waals surface area contributed by atoms with Gasteiger partial charge in [0.2, 0.25) is 0 Å². The van der Waals surface area contributed by atoms with Gasteiger partial charge in [-0.2, -0.15) is 0 Å². The number of rotatable bonds is 6. The smallest absolute Gasteiger partial charge is 0.0929 e. The van der Waals surface area contributed by atoms with Gasteiger partial charge >= 0.3 is 0 Å². The number of pyridine rings is 2. The molecule has 0 saturated heterocycles. The minimum Gasteiger partial charge on any atom is -0.411 e. The fourth-order valence-electron chi connectivity index (χ4n) is 3.46. The van der Waals surface area contributed by atoms with Crippen molar-refractivity contribution in [1.82, 2.24) is 19.9 Å². The van der Waals surface area contributed by atoms with Crippen LogP contribution >= 0.6 is 0 Å². The van der Waals surface area contributed by atoms with Gasteiger partial charge < -0.3 is 10.4 Å². The summed E-state index contributed by atoms with van der Waals surface area (Å²) in [5, 5.41) is 26.4. The number of hydrogen-bond donors (Lipinski definition) is 2. The summed E-state index contributed by atoms with van der Waals surface area (Å²) in [6.07, 6.45) is 7.06. The maximum atomic E-state index is 9.68. The van der Waals surface area contributed by atoms with Crippen LogP contribution in [-0.2, 0) is 12.8 Å². The van der Waals surface area contributed by atoms with Crippen LogP contribution in [0.1, 0.15) is 33.6 Å². The van der Waals surface area contributed by atoms with Gasteiger partial charge in [-0.05, 0) is 61.4 Å². The monoisotopic (exact) mass is 426 g/mol. The van der Waals surface area contributed by atoms with Crippen LogP contribution in [-0.4, -0.2) is 41.8 Å². The van der Waals surface area contributed by atoms with E-state index in [0.29, 0.717) is 22.8 Å². The van der Waals surface area contributed by atoms with Crippen LogP contribution in [0.25, 0.3) is 11.0 Å². The largest absolute Gasteiger partial charge is 0.411 e. The molecule has 2 N–H and O–H groups in total. The molecule has 0 spiro atoms. The van der Waals surface area contributed by atoms with Gasteiger partial charge in [0, 0.05) is 48.8 Å². The first kappa shape index (κ1) is 21.0. The number of oxime groups is 2. The molecular weight excluding hydrogens is 404 g/mol. The molecule has 3 heterocycles. The molecular formula is C24H22N6O2. The predicted molar refractivity (Wildman–Crippen MR) is 122 cm³/mol. The fraction of sp³-hybridized carbons (Fsp3) is 0.167. The quantitative estimate of drug-likeness (QED) is 0.275. The second kappa shape index (κ2) is 9.30. The molecule has 0 fully saturated rings. The van der Waals surface area contributed by atoms with Crippen molar-refractivity contribution < 1.29 is 10.4 Å². The van der Waals surface area contributed by atoms with E-state index in [4.69, 9.17) is 9.97 Å². The van der Waals surface area contributed by atoms with Crippen molar-refractivity contribution in [2.75, 3.05) is 0 Å². The maximum absolute atomic E-state index is 9.68. The number of aromatic nitrogens is 4. The highest BCUT2D eigenvalue weighted by atomic mass is 16.4. The second-order valence-electron chi connectivity index (χ2n) is 7.46. The first-order chi connectivity index (χ1) is 15.6. The van der Waals surface area contributed by atoms with E-state index < -0.39 is 0 Å². The molecule has 160 valence electrons. The Morgan fingerprint density at radius 1 is 0.688 bits per heavy atom. The van der Waals surface area contributed by atoms with Gasteiger partial charge in [-0.15, -0.1) is 0 Å². The SMILES string of the molecule is Cc1cc2nc(C/C(=N\O)c3ccncc3)c(C/C(=N\O)c3ccncc3)nc2cc1C. The lowest BCUT2D eigenvalue weighted by atomic mass is 10.0. The van der Waals surface area contributed by atoms with Gasteiger partial charge in [0.15, 0.2) is 0 Å². The van der Waals surface area contributed by atoms with Crippen LogP contribution in [0, 0.1) is 13.8 Å². The van der Waals surface area contributed by atoms with Crippen LogP contribution in [0.4, 0.5) is 0 Å². The molecule has 8 heteroatoms. The van der Waals surface area contributed by atoms with Gasteiger partial charge in [-0.3, -0.25) is 9.97 Å². The van der Waals surface area contributed by atoms with Gasteiger partial charge in [-0.1, -0.05) is 10.3 Å². The van der Waals surface area contributed by atoms with Crippen LogP contribution < -0.4 is 0 Å². The molecule has 0 aliphatic carbocycles. The number of hydrogen-bond acceptors (Lipinski definition) is 8. The molecule has 0 amide bonds. The van der Waals surface area contributed by atoms with E-state index in [1.54, 1.807) is 49.1 Å². The number of benzene rings is 1. The lowest BCUT2D eigenvalue weighted by Crippen LogP contribution is -2.15. The van der Waals surface area contributed by atoms with E-state index in [2.05, 4.69) is 20.3 Å². The van der Waals surface area contributed by atoms with Crippen molar-refractivity contribution >= 4 is 22.5 Å². The fourth-order valence-corrected chi connectivity index (χ4v) is 3.46. The van der Waals surface area contributed by atoms with E-state index >= 15 is 0 Å². The average molecular weight is 426 g/mol. The molecule has 0 aliphatic rings. The van der Waals surface area contributed by atoms with E-state index in [-0.39, 0.29) is 12.8 Å². The molecule has 32 heavy (non-hydrogen) atoms. The van der Waals surface area contributed by atoms with Crippen molar-refractivity contribution in [2.24, 2.45) is 10.3 Å². The van der Waals surface area contributed by atoms with Gasteiger partial charge in [0.25, 0.3) is 0 Å². The summed E-state index contributed by atoms with van der Waals surface area (Å²) in [5.41, 5.74) is 7.38. The molecule has 0 radical (unpaired) electrons. The molecule has 3 aromatic heterocycles. The lowest BCUT2D eigenvalue weighted by molar-refractivity contribution is 0.318. The molecule has 1 aromatic carbocycles. The van der Waals surface area contributed by atoms with Gasteiger partial charge in [0.05, 0.1) is 33.8 Å². The summed E-state index contributed by atoms with van der Waals surface area (Å²) >= 11 is 0. The Balaban J connectivity index is 1.81. The molecule has 0 atom stereocenters. The minimum atomic E-state index is 0.251. The second-order valence-corrected chi connectivity index (χ2v) is 7.46.